The van der Waals surface area contributed by atoms with Gasteiger partial charge in [0.15, 0.2) is 5.29 Å². The van der Waals surface area contributed by atoms with Crippen LogP contribution in [0.4, 0.5) is 4.39 Å². The second kappa shape index (κ2) is 2.73. The maximum absolute atomic E-state index is 12.2. The van der Waals surface area contributed by atoms with Crippen molar-refractivity contribution in [2.45, 2.75) is 13.8 Å². The zero-order chi connectivity index (χ0) is 9.52. The Labute approximate surface area is 75.0 Å². The number of hydrogen-bond donors (Lipinski definition) is 1. The molecule has 0 heterocycles. The van der Waals surface area contributed by atoms with Crippen LogP contribution >= 0.6 is 11.6 Å². The van der Waals surface area contributed by atoms with Crippen LogP contribution < -0.4 is 0 Å². The minimum Gasteiger partial charge on any atom is -0.481 e. The number of carboxylic acid groups (broad SMARTS) is 1. The molecule has 68 valence electrons. The van der Waals surface area contributed by atoms with Gasteiger partial charge in [-0.15, -0.1) is 0 Å². The predicted octanol–water partition coefficient (Wildman–Crippen LogP) is 2.39. The fourth-order valence-electron chi connectivity index (χ4n) is 1.60. The third-order valence-electron chi connectivity index (χ3n) is 2.48. The van der Waals surface area contributed by atoms with E-state index in [0.717, 1.165) is 0 Å². The topological polar surface area (TPSA) is 37.3 Å². The van der Waals surface area contributed by atoms with Crippen molar-refractivity contribution >= 4 is 17.6 Å². The quantitative estimate of drug-likeness (QED) is 0.730. The first-order valence-corrected chi connectivity index (χ1v) is 4.01. The van der Waals surface area contributed by atoms with Crippen LogP contribution in [0.5, 0.6) is 0 Å². The summed E-state index contributed by atoms with van der Waals surface area (Å²) in [6.07, 6.45) is 1.17. The molecule has 1 saturated carbocycles. The molecule has 0 aromatic rings. The second-order valence-corrected chi connectivity index (χ2v) is 3.98. The summed E-state index contributed by atoms with van der Waals surface area (Å²) in [7, 11) is 0. The van der Waals surface area contributed by atoms with Gasteiger partial charge in [-0.05, 0) is 11.5 Å². The van der Waals surface area contributed by atoms with Crippen molar-refractivity contribution in [3.63, 3.8) is 0 Å². The maximum atomic E-state index is 12.2. The number of halogens is 2. The highest BCUT2D eigenvalue weighted by atomic mass is 35.5. The Morgan fingerprint density at radius 1 is 1.67 bits per heavy atom. The van der Waals surface area contributed by atoms with E-state index in [2.05, 4.69) is 0 Å². The molecule has 0 aromatic heterocycles. The van der Waals surface area contributed by atoms with E-state index in [4.69, 9.17) is 16.7 Å². The average molecular weight is 193 g/mol. The SMILES string of the molecule is CC1(C)[C@@H](C=C(F)Cl)[C@@H]1C(=O)O. The van der Waals surface area contributed by atoms with E-state index in [9.17, 15) is 9.18 Å². The molecule has 1 rings (SSSR count). The number of carbonyl (C=O) groups is 1. The Balaban J connectivity index is 2.73. The Morgan fingerprint density at radius 3 is 2.42 bits per heavy atom. The molecule has 4 heteroatoms. The molecule has 1 aliphatic carbocycles. The van der Waals surface area contributed by atoms with E-state index in [0.29, 0.717) is 0 Å². The number of carboxylic acids is 1. The van der Waals surface area contributed by atoms with Gasteiger partial charge in [-0.1, -0.05) is 25.4 Å². The van der Waals surface area contributed by atoms with Gasteiger partial charge in [0.1, 0.15) is 0 Å². The van der Waals surface area contributed by atoms with Gasteiger partial charge in [0.05, 0.1) is 5.92 Å². The smallest absolute Gasteiger partial charge is 0.307 e. The lowest BCUT2D eigenvalue weighted by atomic mass is 10.1. The van der Waals surface area contributed by atoms with Gasteiger partial charge in [0, 0.05) is 5.92 Å². The average Bonchev–Trinajstić information content (AvgIpc) is 2.32. The van der Waals surface area contributed by atoms with Gasteiger partial charge in [0.25, 0.3) is 0 Å². The molecular weight excluding hydrogens is 183 g/mol. The fourth-order valence-corrected chi connectivity index (χ4v) is 1.73. The third-order valence-corrected chi connectivity index (χ3v) is 2.61. The van der Waals surface area contributed by atoms with Crippen molar-refractivity contribution in [1.29, 1.82) is 0 Å². The number of rotatable bonds is 2. The number of aliphatic carboxylic acids is 1. The lowest BCUT2D eigenvalue weighted by Gasteiger charge is -1.95. The van der Waals surface area contributed by atoms with Crippen molar-refractivity contribution < 1.29 is 14.3 Å². The largest absolute Gasteiger partial charge is 0.481 e. The van der Waals surface area contributed by atoms with Crippen molar-refractivity contribution in [3.8, 4) is 0 Å². The standard InChI is InChI=1S/C8H10ClFO2/c1-8(2)4(3-5(9)10)6(8)7(11)12/h3-4,6H,1-2H3,(H,11,12)/t4-,6+/m0/s1. The van der Waals surface area contributed by atoms with Crippen LogP contribution in [0.15, 0.2) is 11.4 Å². The third kappa shape index (κ3) is 1.46. The molecule has 0 aliphatic heterocycles. The van der Waals surface area contributed by atoms with E-state index < -0.39 is 17.2 Å². The fraction of sp³-hybridized carbons (Fsp3) is 0.625. The van der Waals surface area contributed by atoms with Crippen LogP contribution in [0, 0.1) is 17.3 Å². The minimum atomic E-state index is -0.890. The molecule has 1 N–H and O–H groups in total. The molecule has 0 amide bonds. The van der Waals surface area contributed by atoms with Crippen molar-refractivity contribution in [2.75, 3.05) is 0 Å². The predicted molar refractivity (Wildman–Crippen MR) is 43.4 cm³/mol. The highest BCUT2D eigenvalue weighted by Gasteiger charge is 2.61. The van der Waals surface area contributed by atoms with E-state index in [1.165, 1.54) is 6.08 Å². The van der Waals surface area contributed by atoms with Crippen LogP contribution in [0.25, 0.3) is 0 Å². The first kappa shape index (κ1) is 9.52. The molecule has 0 aromatic carbocycles. The Hall–Kier alpha value is -0.570. The van der Waals surface area contributed by atoms with Gasteiger partial charge >= 0.3 is 5.97 Å². The first-order chi connectivity index (χ1) is 5.37. The molecule has 0 unspecified atom stereocenters. The molecule has 0 spiro atoms. The zero-order valence-electron chi connectivity index (χ0n) is 6.84. The summed E-state index contributed by atoms with van der Waals surface area (Å²) in [5.41, 5.74) is -0.363. The van der Waals surface area contributed by atoms with E-state index >= 15 is 0 Å². The number of allylic oxidation sites excluding steroid dienone is 1. The van der Waals surface area contributed by atoms with Crippen LogP contribution in [0.3, 0.4) is 0 Å². The van der Waals surface area contributed by atoms with Crippen LogP contribution in [-0.4, -0.2) is 11.1 Å². The zero-order valence-corrected chi connectivity index (χ0v) is 7.60. The molecule has 0 saturated heterocycles. The highest BCUT2D eigenvalue weighted by Crippen LogP contribution is 2.59. The summed E-state index contributed by atoms with van der Waals surface area (Å²) in [4.78, 5) is 10.6. The molecule has 0 bridgehead atoms. The van der Waals surface area contributed by atoms with Gasteiger partial charge in [-0.2, -0.15) is 4.39 Å². The second-order valence-electron chi connectivity index (χ2n) is 3.62. The number of hydrogen-bond acceptors (Lipinski definition) is 1. The van der Waals surface area contributed by atoms with Gasteiger partial charge < -0.3 is 5.11 Å². The summed E-state index contributed by atoms with van der Waals surface area (Å²) in [6, 6.07) is 0. The molecule has 1 aliphatic rings. The van der Waals surface area contributed by atoms with E-state index in [-0.39, 0.29) is 11.3 Å². The van der Waals surface area contributed by atoms with Crippen molar-refractivity contribution in [2.24, 2.45) is 17.3 Å². The van der Waals surface area contributed by atoms with Gasteiger partial charge in [-0.3, -0.25) is 4.79 Å². The first-order valence-electron chi connectivity index (χ1n) is 3.63. The summed E-state index contributed by atoms with van der Waals surface area (Å²) in [6.45, 7) is 3.57. The van der Waals surface area contributed by atoms with Crippen LogP contribution in [0.1, 0.15) is 13.8 Å². The van der Waals surface area contributed by atoms with Crippen LogP contribution in [-0.2, 0) is 4.79 Å². The summed E-state index contributed by atoms with van der Waals surface area (Å²) in [5, 5.41) is 7.86. The summed E-state index contributed by atoms with van der Waals surface area (Å²) >= 11 is 5.01. The van der Waals surface area contributed by atoms with E-state index in [1.54, 1.807) is 13.8 Å². The Bertz CT molecular complexity index is 243. The summed E-state index contributed by atoms with van der Waals surface area (Å²) in [5.74, 6) is -1.66. The van der Waals surface area contributed by atoms with Gasteiger partial charge in [0.2, 0.25) is 0 Å². The Kier molecular flexibility index (Phi) is 2.17. The molecule has 1 fully saturated rings. The molecule has 2 atom stereocenters. The van der Waals surface area contributed by atoms with Gasteiger partial charge in [-0.25, -0.2) is 0 Å². The van der Waals surface area contributed by atoms with Crippen LogP contribution in [0.2, 0.25) is 0 Å². The Morgan fingerprint density at radius 2 is 2.17 bits per heavy atom. The van der Waals surface area contributed by atoms with E-state index in [1.807, 2.05) is 0 Å². The lowest BCUT2D eigenvalue weighted by molar-refractivity contribution is -0.139. The maximum Gasteiger partial charge on any atom is 0.307 e. The van der Waals surface area contributed by atoms with Crippen molar-refractivity contribution in [1.82, 2.24) is 0 Å². The van der Waals surface area contributed by atoms with Crippen molar-refractivity contribution in [3.05, 3.63) is 11.4 Å². The molecule has 2 nitrogen and oxygen atoms in total. The normalized spacial score (nSPS) is 33.2. The summed E-state index contributed by atoms with van der Waals surface area (Å²) < 4.78 is 12.2. The molecule has 12 heavy (non-hydrogen) atoms. The monoisotopic (exact) mass is 192 g/mol. The molecular formula is C8H10ClFO2. The molecule has 0 radical (unpaired) electrons. The minimum absolute atomic E-state index is 0.271. The lowest BCUT2D eigenvalue weighted by Crippen LogP contribution is -2.02. The highest BCUT2D eigenvalue weighted by molar-refractivity contribution is 6.28.